The lowest BCUT2D eigenvalue weighted by atomic mass is 10.1. The molecule has 0 spiro atoms. The van der Waals surface area contributed by atoms with Gasteiger partial charge in [0.25, 0.3) is 0 Å². The van der Waals surface area contributed by atoms with E-state index < -0.39 is 17.5 Å². The largest absolute Gasteiger partial charge is 0.329 e. The minimum atomic E-state index is -1.52. The first-order valence-electron chi connectivity index (χ1n) is 7.66. The summed E-state index contributed by atoms with van der Waals surface area (Å²) in [6, 6.07) is 4.48. The standard InChI is InChI=1S/C17H12F3N3O2/c18-11-3-9(4-12(19)16(11)20)13-2-1-8(6-21-13)10-5-14(10)23-15(24)7-22-17(23)25/h1-4,6,10,14H,5,7H2,(H,22,25)/t10-,14+/m0/s1. The summed E-state index contributed by atoms with van der Waals surface area (Å²) >= 11 is 0. The van der Waals surface area contributed by atoms with Crippen LogP contribution in [0.1, 0.15) is 17.9 Å². The van der Waals surface area contributed by atoms with Crippen molar-refractivity contribution in [2.75, 3.05) is 6.54 Å². The molecule has 1 aliphatic heterocycles. The Kier molecular flexibility index (Phi) is 3.48. The second-order valence-electron chi connectivity index (χ2n) is 6.06. The average molecular weight is 347 g/mol. The summed E-state index contributed by atoms with van der Waals surface area (Å²) < 4.78 is 39.7. The SMILES string of the molecule is O=C1CNC(=O)N1[C@@H]1C[C@H]1c1ccc(-c2cc(F)c(F)c(F)c2)nc1. The van der Waals surface area contributed by atoms with Gasteiger partial charge in [0, 0.05) is 23.7 Å². The van der Waals surface area contributed by atoms with Gasteiger partial charge < -0.3 is 5.32 Å². The molecule has 2 fully saturated rings. The molecule has 2 atom stereocenters. The molecule has 1 aliphatic carbocycles. The van der Waals surface area contributed by atoms with E-state index >= 15 is 0 Å². The number of aromatic nitrogens is 1. The highest BCUT2D eigenvalue weighted by molar-refractivity contribution is 6.02. The van der Waals surface area contributed by atoms with Gasteiger partial charge in [0.1, 0.15) is 0 Å². The quantitative estimate of drug-likeness (QED) is 0.686. The van der Waals surface area contributed by atoms with E-state index in [0.29, 0.717) is 12.1 Å². The summed E-state index contributed by atoms with van der Waals surface area (Å²) in [5.74, 6) is -4.33. The number of nitrogens with one attached hydrogen (secondary N) is 1. The van der Waals surface area contributed by atoms with Crippen LogP contribution in [0.2, 0.25) is 0 Å². The summed E-state index contributed by atoms with van der Waals surface area (Å²) in [6.07, 6.45) is 2.19. The second kappa shape index (κ2) is 5.58. The normalized spacial score (nSPS) is 22.3. The maximum absolute atomic E-state index is 13.3. The Morgan fingerprint density at radius 3 is 2.40 bits per heavy atom. The zero-order valence-electron chi connectivity index (χ0n) is 12.8. The van der Waals surface area contributed by atoms with Gasteiger partial charge in [-0.15, -0.1) is 0 Å². The van der Waals surface area contributed by atoms with Crippen LogP contribution in [0, 0.1) is 17.5 Å². The van der Waals surface area contributed by atoms with Crippen LogP contribution in [-0.2, 0) is 4.79 Å². The molecule has 3 amide bonds. The zero-order valence-corrected chi connectivity index (χ0v) is 12.8. The molecule has 2 aromatic rings. The Morgan fingerprint density at radius 1 is 1.12 bits per heavy atom. The Labute approximate surface area is 140 Å². The van der Waals surface area contributed by atoms with Crippen LogP contribution in [-0.4, -0.2) is 34.4 Å². The number of benzene rings is 1. The van der Waals surface area contributed by atoms with E-state index in [1.807, 2.05) is 0 Å². The summed E-state index contributed by atoms with van der Waals surface area (Å²) in [4.78, 5) is 28.7. The monoisotopic (exact) mass is 347 g/mol. The Morgan fingerprint density at radius 2 is 1.84 bits per heavy atom. The van der Waals surface area contributed by atoms with E-state index in [0.717, 1.165) is 17.7 Å². The summed E-state index contributed by atoms with van der Waals surface area (Å²) in [6.45, 7) is 0.0148. The van der Waals surface area contributed by atoms with E-state index in [1.165, 1.54) is 11.1 Å². The third-order valence-corrected chi connectivity index (χ3v) is 4.46. The van der Waals surface area contributed by atoms with E-state index in [4.69, 9.17) is 0 Å². The Hall–Kier alpha value is -2.90. The molecule has 0 radical (unpaired) electrons. The molecule has 0 bridgehead atoms. The minimum absolute atomic E-state index is 0.00367. The Balaban J connectivity index is 1.54. The van der Waals surface area contributed by atoms with Crippen LogP contribution in [0.25, 0.3) is 11.3 Å². The van der Waals surface area contributed by atoms with Crippen LogP contribution in [0.5, 0.6) is 0 Å². The van der Waals surface area contributed by atoms with Gasteiger partial charge in [0.05, 0.1) is 12.2 Å². The highest BCUT2D eigenvalue weighted by Crippen LogP contribution is 2.45. The second-order valence-corrected chi connectivity index (χ2v) is 6.06. The molecule has 8 heteroatoms. The van der Waals surface area contributed by atoms with E-state index in [2.05, 4.69) is 10.3 Å². The van der Waals surface area contributed by atoms with Gasteiger partial charge in [0.15, 0.2) is 17.5 Å². The van der Waals surface area contributed by atoms with Crippen LogP contribution in [0.4, 0.5) is 18.0 Å². The van der Waals surface area contributed by atoms with Gasteiger partial charge in [-0.05, 0) is 30.2 Å². The van der Waals surface area contributed by atoms with Crippen molar-refractivity contribution in [1.29, 1.82) is 0 Å². The molecular formula is C17H12F3N3O2. The van der Waals surface area contributed by atoms with Gasteiger partial charge in [-0.3, -0.25) is 14.7 Å². The molecule has 25 heavy (non-hydrogen) atoms. The van der Waals surface area contributed by atoms with Gasteiger partial charge in [-0.25, -0.2) is 18.0 Å². The van der Waals surface area contributed by atoms with E-state index in [1.54, 1.807) is 12.1 Å². The minimum Gasteiger partial charge on any atom is -0.329 e. The first kappa shape index (κ1) is 15.6. The number of urea groups is 1. The van der Waals surface area contributed by atoms with Crippen molar-refractivity contribution in [2.24, 2.45) is 0 Å². The molecule has 2 aliphatic rings. The number of amides is 3. The summed E-state index contributed by atoms with van der Waals surface area (Å²) in [5, 5.41) is 2.48. The van der Waals surface area contributed by atoms with Gasteiger partial charge in [-0.1, -0.05) is 6.07 Å². The lowest BCUT2D eigenvalue weighted by Crippen LogP contribution is -2.33. The van der Waals surface area contributed by atoms with Gasteiger partial charge in [-0.2, -0.15) is 0 Å². The molecule has 1 aromatic heterocycles. The fourth-order valence-electron chi connectivity index (χ4n) is 3.09. The molecule has 0 unspecified atom stereocenters. The predicted octanol–water partition coefficient (Wildman–Crippen LogP) is 2.57. The van der Waals surface area contributed by atoms with Crippen molar-refractivity contribution >= 4 is 11.9 Å². The topological polar surface area (TPSA) is 62.3 Å². The highest BCUT2D eigenvalue weighted by Gasteiger charge is 2.49. The fourth-order valence-corrected chi connectivity index (χ4v) is 3.09. The number of rotatable bonds is 3. The summed E-state index contributed by atoms with van der Waals surface area (Å²) in [5.41, 5.74) is 1.25. The number of imide groups is 1. The molecule has 5 nitrogen and oxygen atoms in total. The zero-order chi connectivity index (χ0) is 17.7. The number of nitrogens with zero attached hydrogens (tertiary/aromatic N) is 2. The third kappa shape index (κ3) is 2.63. The van der Waals surface area contributed by atoms with Crippen molar-refractivity contribution in [2.45, 2.75) is 18.4 Å². The molecule has 1 saturated carbocycles. The molecule has 128 valence electrons. The maximum atomic E-state index is 13.3. The molecule has 1 saturated heterocycles. The molecule has 4 rings (SSSR count). The van der Waals surface area contributed by atoms with Crippen LogP contribution >= 0.6 is 0 Å². The lowest BCUT2D eigenvalue weighted by molar-refractivity contribution is -0.125. The van der Waals surface area contributed by atoms with Crippen LogP contribution < -0.4 is 5.32 Å². The smallest absolute Gasteiger partial charge is 0.324 e. The van der Waals surface area contributed by atoms with Crippen molar-refractivity contribution in [3.05, 3.63) is 53.5 Å². The van der Waals surface area contributed by atoms with Crippen molar-refractivity contribution in [1.82, 2.24) is 15.2 Å². The number of carbonyl (C=O) groups is 2. The van der Waals surface area contributed by atoms with Crippen molar-refractivity contribution in [3.8, 4) is 11.3 Å². The maximum Gasteiger partial charge on any atom is 0.324 e. The molecular weight excluding hydrogens is 335 g/mol. The third-order valence-electron chi connectivity index (χ3n) is 4.46. The number of hydrogen-bond donors (Lipinski definition) is 1. The molecule has 1 N–H and O–H groups in total. The number of hydrogen-bond acceptors (Lipinski definition) is 3. The van der Waals surface area contributed by atoms with Gasteiger partial charge >= 0.3 is 6.03 Å². The highest BCUT2D eigenvalue weighted by atomic mass is 19.2. The number of halogens is 3. The van der Waals surface area contributed by atoms with Gasteiger partial charge in [0.2, 0.25) is 5.91 Å². The van der Waals surface area contributed by atoms with Crippen molar-refractivity contribution < 1.29 is 22.8 Å². The average Bonchev–Trinajstić information content (AvgIpc) is 3.31. The first-order valence-corrected chi connectivity index (χ1v) is 7.66. The molecule has 1 aromatic carbocycles. The van der Waals surface area contributed by atoms with Crippen LogP contribution in [0.3, 0.4) is 0 Å². The van der Waals surface area contributed by atoms with E-state index in [9.17, 15) is 22.8 Å². The van der Waals surface area contributed by atoms with Crippen molar-refractivity contribution in [3.63, 3.8) is 0 Å². The predicted molar refractivity (Wildman–Crippen MR) is 80.9 cm³/mol. The number of carbonyl (C=O) groups excluding carboxylic acids is 2. The lowest BCUT2D eigenvalue weighted by Gasteiger charge is -2.12. The Bertz CT molecular complexity index is 846. The summed E-state index contributed by atoms with van der Waals surface area (Å²) in [7, 11) is 0. The first-order chi connectivity index (χ1) is 12.0. The fraction of sp³-hybridized carbons (Fsp3) is 0.235. The van der Waals surface area contributed by atoms with Crippen LogP contribution in [0.15, 0.2) is 30.5 Å². The molecule has 2 heterocycles. The van der Waals surface area contributed by atoms with E-state index in [-0.39, 0.29) is 36.0 Å². The number of pyridine rings is 1.